The number of allylic oxidation sites excluding steroid dienone is 1. The molecule has 0 atom stereocenters. The highest BCUT2D eigenvalue weighted by atomic mass is 16.5. The third-order valence-corrected chi connectivity index (χ3v) is 3.77. The quantitative estimate of drug-likeness (QED) is 0.611. The third kappa shape index (κ3) is 3.05. The number of rotatable bonds is 4. The van der Waals surface area contributed by atoms with E-state index in [0.29, 0.717) is 12.3 Å². The summed E-state index contributed by atoms with van der Waals surface area (Å²) in [5.74, 6) is 0.681. The first kappa shape index (κ1) is 14.4. The van der Waals surface area contributed by atoms with E-state index >= 15 is 0 Å². The summed E-state index contributed by atoms with van der Waals surface area (Å²) in [7, 11) is 0. The van der Waals surface area contributed by atoms with Gasteiger partial charge in [-0.25, -0.2) is 0 Å². The van der Waals surface area contributed by atoms with Crippen molar-refractivity contribution in [1.82, 2.24) is 25.3 Å². The van der Waals surface area contributed by atoms with Crippen LogP contribution in [-0.4, -0.2) is 50.9 Å². The van der Waals surface area contributed by atoms with Gasteiger partial charge in [0.1, 0.15) is 6.61 Å². The first-order valence-electron chi connectivity index (χ1n) is 7.36. The number of fused-ring (bicyclic) bond motifs is 1. The first-order valence-corrected chi connectivity index (χ1v) is 7.36. The molecular formula is C14H18N6O2. The van der Waals surface area contributed by atoms with Crippen molar-refractivity contribution < 1.29 is 9.53 Å². The number of hydrogen-bond donors (Lipinski definition) is 0. The second kappa shape index (κ2) is 6.50. The molecule has 0 aliphatic carbocycles. The molecule has 2 aromatic rings. The summed E-state index contributed by atoms with van der Waals surface area (Å²) in [5.41, 5.74) is 0.617. The van der Waals surface area contributed by atoms with Crippen LogP contribution < -0.4 is 4.90 Å². The van der Waals surface area contributed by atoms with E-state index in [4.69, 9.17) is 4.74 Å². The molecule has 0 aromatic carbocycles. The van der Waals surface area contributed by atoms with E-state index in [1.54, 1.807) is 0 Å². The molecule has 22 heavy (non-hydrogen) atoms. The lowest BCUT2D eigenvalue weighted by Gasteiger charge is -2.31. The summed E-state index contributed by atoms with van der Waals surface area (Å²) in [6.07, 6.45) is 5.24. The van der Waals surface area contributed by atoms with Crippen LogP contribution in [0.4, 0.5) is 5.82 Å². The van der Waals surface area contributed by atoms with Crippen LogP contribution in [0.15, 0.2) is 24.3 Å². The minimum Gasteiger partial charge on any atom is -0.461 e. The predicted octanol–water partition coefficient (Wildman–Crippen LogP) is 0.855. The molecule has 116 valence electrons. The van der Waals surface area contributed by atoms with Crippen LogP contribution in [0.3, 0.4) is 0 Å². The Kier molecular flexibility index (Phi) is 4.27. The summed E-state index contributed by atoms with van der Waals surface area (Å²) in [5, 5.41) is 15.6. The summed E-state index contributed by atoms with van der Waals surface area (Å²) < 4.78 is 6.63. The van der Waals surface area contributed by atoms with Crippen molar-refractivity contribution in [3.63, 3.8) is 0 Å². The molecular weight excluding hydrogens is 284 g/mol. The maximum Gasteiger partial charge on any atom is 0.309 e. The Morgan fingerprint density at radius 3 is 3.00 bits per heavy atom. The Morgan fingerprint density at radius 1 is 1.41 bits per heavy atom. The van der Waals surface area contributed by atoms with E-state index in [1.807, 2.05) is 31.2 Å². The van der Waals surface area contributed by atoms with Gasteiger partial charge in [0.15, 0.2) is 11.5 Å². The van der Waals surface area contributed by atoms with Crippen LogP contribution in [0.5, 0.6) is 0 Å². The average Bonchev–Trinajstić information content (AvgIpc) is 3.02. The van der Waals surface area contributed by atoms with Crippen LogP contribution in [0, 0.1) is 5.92 Å². The smallest absolute Gasteiger partial charge is 0.309 e. The number of nitrogens with zero attached hydrogens (tertiary/aromatic N) is 6. The highest BCUT2D eigenvalue weighted by molar-refractivity contribution is 5.73. The lowest BCUT2D eigenvalue weighted by molar-refractivity contribution is -0.147. The molecule has 3 heterocycles. The number of ether oxygens (including phenoxy) is 1. The molecule has 2 aromatic heterocycles. The molecule has 1 fully saturated rings. The van der Waals surface area contributed by atoms with Gasteiger partial charge in [-0.1, -0.05) is 12.2 Å². The fraction of sp³-hybridized carbons (Fsp3) is 0.500. The second-order valence-electron chi connectivity index (χ2n) is 5.18. The summed E-state index contributed by atoms with van der Waals surface area (Å²) in [4.78, 5) is 14.1. The highest BCUT2D eigenvalue weighted by Gasteiger charge is 2.26. The van der Waals surface area contributed by atoms with Crippen molar-refractivity contribution in [3.05, 3.63) is 24.3 Å². The topological polar surface area (TPSA) is 85.5 Å². The lowest BCUT2D eigenvalue weighted by Crippen LogP contribution is -2.37. The van der Waals surface area contributed by atoms with Crippen LogP contribution in [0.2, 0.25) is 0 Å². The summed E-state index contributed by atoms with van der Waals surface area (Å²) >= 11 is 0. The normalized spacial score (nSPS) is 16.5. The number of aromatic nitrogens is 5. The zero-order valence-electron chi connectivity index (χ0n) is 12.4. The van der Waals surface area contributed by atoms with Crippen molar-refractivity contribution >= 4 is 17.4 Å². The highest BCUT2D eigenvalue weighted by Crippen LogP contribution is 2.22. The maximum atomic E-state index is 11.9. The van der Waals surface area contributed by atoms with Crippen molar-refractivity contribution in [1.29, 1.82) is 0 Å². The molecule has 0 spiro atoms. The zero-order chi connectivity index (χ0) is 15.4. The summed E-state index contributed by atoms with van der Waals surface area (Å²) in [6.45, 7) is 3.79. The van der Waals surface area contributed by atoms with E-state index in [1.165, 1.54) is 4.63 Å². The first-order chi connectivity index (χ1) is 10.8. The SMILES string of the molecule is C/C=C/COC(=O)C1CCN(c2ccc3nnnn3n2)CC1. The van der Waals surface area contributed by atoms with Gasteiger partial charge < -0.3 is 9.64 Å². The third-order valence-electron chi connectivity index (χ3n) is 3.77. The van der Waals surface area contributed by atoms with E-state index in [-0.39, 0.29) is 11.9 Å². The van der Waals surface area contributed by atoms with Crippen molar-refractivity contribution in [3.8, 4) is 0 Å². The van der Waals surface area contributed by atoms with Crippen LogP contribution in [-0.2, 0) is 9.53 Å². The lowest BCUT2D eigenvalue weighted by atomic mass is 9.97. The molecule has 8 nitrogen and oxygen atoms in total. The Balaban J connectivity index is 1.58. The number of piperidine rings is 1. The van der Waals surface area contributed by atoms with Crippen molar-refractivity contribution in [2.45, 2.75) is 19.8 Å². The summed E-state index contributed by atoms with van der Waals surface area (Å²) in [6, 6.07) is 3.73. The fourth-order valence-electron chi connectivity index (χ4n) is 2.50. The van der Waals surface area contributed by atoms with Gasteiger partial charge >= 0.3 is 5.97 Å². The molecule has 1 aliphatic rings. The van der Waals surface area contributed by atoms with Crippen molar-refractivity contribution in [2.75, 3.05) is 24.6 Å². The molecule has 0 radical (unpaired) electrons. The Labute approximate surface area is 127 Å². The Hall–Kier alpha value is -2.51. The van der Waals surface area contributed by atoms with E-state index in [0.717, 1.165) is 31.7 Å². The number of carbonyl (C=O) groups is 1. The van der Waals surface area contributed by atoms with Gasteiger partial charge in [0.2, 0.25) is 0 Å². The van der Waals surface area contributed by atoms with Gasteiger partial charge in [0, 0.05) is 13.1 Å². The van der Waals surface area contributed by atoms with Gasteiger partial charge in [-0.2, -0.15) is 0 Å². The maximum absolute atomic E-state index is 11.9. The minimum absolute atomic E-state index is 0.0294. The number of tetrazole rings is 1. The molecule has 3 rings (SSSR count). The predicted molar refractivity (Wildman–Crippen MR) is 79.3 cm³/mol. The van der Waals surface area contributed by atoms with Crippen LogP contribution in [0.1, 0.15) is 19.8 Å². The van der Waals surface area contributed by atoms with Crippen molar-refractivity contribution in [2.24, 2.45) is 5.92 Å². The standard InChI is InChI=1S/C14H18N6O2/c1-2-3-10-22-14(21)11-6-8-19(9-7-11)13-5-4-12-15-17-18-20(12)16-13/h2-5,11H,6-10H2,1H3/b3-2+. The molecule has 0 bridgehead atoms. The van der Waals surface area contributed by atoms with Gasteiger partial charge in [-0.05, 0) is 42.3 Å². The molecule has 0 unspecified atom stereocenters. The van der Waals surface area contributed by atoms with Gasteiger partial charge in [-0.3, -0.25) is 4.79 Å². The minimum atomic E-state index is -0.110. The number of anilines is 1. The number of esters is 1. The Bertz CT molecular complexity index is 675. The molecule has 0 saturated carbocycles. The average molecular weight is 302 g/mol. The van der Waals surface area contributed by atoms with Gasteiger partial charge in [0.25, 0.3) is 0 Å². The molecule has 0 amide bonds. The molecule has 8 heteroatoms. The monoisotopic (exact) mass is 302 g/mol. The zero-order valence-corrected chi connectivity index (χ0v) is 12.4. The molecule has 0 N–H and O–H groups in total. The largest absolute Gasteiger partial charge is 0.461 e. The Morgan fingerprint density at radius 2 is 2.23 bits per heavy atom. The van der Waals surface area contributed by atoms with E-state index < -0.39 is 0 Å². The molecule has 1 aliphatic heterocycles. The number of carbonyl (C=O) groups excluding carboxylic acids is 1. The fourth-order valence-corrected chi connectivity index (χ4v) is 2.50. The number of hydrogen-bond acceptors (Lipinski definition) is 7. The second-order valence-corrected chi connectivity index (χ2v) is 5.18. The van der Waals surface area contributed by atoms with Gasteiger partial charge in [0.05, 0.1) is 5.92 Å². The van der Waals surface area contributed by atoms with Gasteiger partial charge in [-0.15, -0.1) is 14.8 Å². The van der Waals surface area contributed by atoms with E-state index in [2.05, 4.69) is 25.5 Å². The van der Waals surface area contributed by atoms with Crippen LogP contribution >= 0.6 is 0 Å². The molecule has 1 saturated heterocycles. The van der Waals surface area contributed by atoms with E-state index in [9.17, 15) is 4.79 Å². The van der Waals surface area contributed by atoms with Crippen LogP contribution in [0.25, 0.3) is 5.65 Å².